The first-order valence-electron chi connectivity index (χ1n) is 12.6. The van der Waals surface area contributed by atoms with Gasteiger partial charge in [-0.05, 0) is 80.3 Å². The number of nitrogens with two attached hydrogens (primary N) is 1. The van der Waals surface area contributed by atoms with Crippen LogP contribution in [0.5, 0.6) is 0 Å². The molecule has 0 unspecified atom stereocenters. The van der Waals surface area contributed by atoms with Crippen LogP contribution in [-0.4, -0.2) is 34.9 Å². The number of benzene rings is 2. The average Bonchev–Trinajstić information content (AvgIpc) is 2.83. The Kier molecular flexibility index (Phi) is 7.27. The van der Waals surface area contributed by atoms with E-state index in [0.717, 1.165) is 34.4 Å². The maximum atomic E-state index is 8.65. The monoisotopic (exact) mass is 485 g/mol. The van der Waals surface area contributed by atoms with E-state index >= 15 is 0 Å². The summed E-state index contributed by atoms with van der Waals surface area (Å²) in [4.78, 5) is 2.07. The lowest BCUT2D eigenvalue weighted by Crippen LogP contribution is -2.62. The molecule has 0 aliphatic carbocycles. The number of piperidine rings is 1. The first kappa shape index (κ1) is 25.6. The number of ether oxygens (including phenoxy) is 1. The molecule has 0 radical (unpaired) electrons. The third-order valence-corrected chi connectivity index (χ3v) is 6.83. The highest BCUT2D eigenvalue weighted by molar-refractivity contribution is 5.91. The fourth-order valence-corrected chi connectivity index (χ4v) is 5.28. The largest absolute Gasteiger partial charge is 0.474 e. The van der Waals surface area contributed by atoms with E-state index in [1.165, 1.54) is 0 Å². The molecule has 0 atom stereocenters. The Balaban J connectivity index is 1.47. The van der Waals surface area contributed by atoms with E-state index in [1.54, 1.807) is 6.08 Å². The molecular weight excluding hydrogens is 446 g/mol. The normalized spacial score (nSPS) is 19.4. The summed E-state index contributed by atoms with van der Waals surface area (Å²) in [7, 11) is 2.01. The Morgan fingerprint density at radius 3 is 2.47 bits per heavy atom. The maximum absolute atomic E-state index is 8.65. The molecule has 6 nitrogen and oxygen atoms in total. The van der Waals surface area contributed by atoms with E-state index in [-0.39, 0.29) is 11.1 Å². The number of likely N-dealkylation sites (N-methyl/N-ethyl adjacent to an activating group) is 1. The van der Waals surface area contributed by atoms with Crippen molar-refractivity contribution in [2.75, 3.05) is 7.05 Å². The Labute approximate surface area is 214 Å². The second kappa shape index (κ2) is 10.2. The Morgan fingerprint density at radius 1 is 1.08 bits per heavy atom. The van der Waals surface area contributed by atoms with Crippen molar-refractivity contribution in [1.82, 2.24) is 15.5 Å². The second-order valence-corrected chi connectivity index (χ2v) is 11.2. The van der Waals surface area contributed by atoms with Gasteiger partial charge in [-0.2, -0.15) is 0 Å². The van der Waals surface area contributed by atoms with Crippen molar-refractivity contribution in [2.45, 2.75) is 64.3 Å². The van der Waals surface area contributed by atoms with Gasteiger partial charge in [0.15, 0.2) is 5.88 Å². The molecule has 2 heterocycles. The van der Waals surface area contributed by atoms with Gasteiger partial charge in [0.2, 0.25) is 0 Å². The molecule has 5 N–H and O–H groups in total. The number of amidine groups is 1. The zero-order valence-electron chi connectivity index (χ0n) is 22.1. The predicted octanol–water partition coefficient (Wildman–Crippen LogP) is 3.38. The predicted molar refractivity (Wildman–Crippen MR) is 149 cm³/mol. The van der Waals surface area contributed by atoms with Gasteiger partial charge in [0.05, 0.1) is 0 Å². The van der Waals surface area contributed by atoms with Crippen LogP contribution in [0.1, 0.15) is 51.7 Å². The Hall–Kier alpha value is -3.51. The van der Waals surface area contributed by atoms with Gasteiger partial charge >= 0.3 is 0 Å². The minimum atomic E-state index is 0.0298. The molecule has 190 valence electrons. The van der Waals surface area contributed by atoms with Crippen molar-refractivity contribution in [3.8, 4) is 0 Å². The van der Waals surface area contributed by atoms with E-state index in [4.69, 9.17) is 15.9 Å². The lowest BCUT2D eigenvalue weighted by molar-refractivity contribution is 0.114. The molecule has 4 rings (SSSR count). The summed E-state index contributed by atoms with van der Waals surface area (Å²) in [5.74, 6) is 1.16. The third-order valence-electron chi connectivity index (χ3n) is 6.83. The third kappa shape index (κ3) is 6.38. The first-order valence-corrected chi connectivity index (χ1v) is 12.6. The molecule has 2 aromatic rings. The fourth-order valence-electron chi connectivity index (χ4n) is 5.28. The summed E-state index contributed by atoms with van der Waals surface area (Å²) < 4.78 is 5.95. The first-order chi connectivity index (χ1) is 17.0. The molecule has 1 fully saturated rings. The Morgan fingerprint density at radius 2 is 1.78 bits per heavy atom. The zero-order chi connectivity index (χ0) is 25.9. The molecule has 1 saturated heterocycles. The Bertz CT molecular complexity index is 1270. The second-order valence-electron chi connectivity index (χ2n) is 11.2. The maximum Gasteiger partial charge on any atom is 0.191 e. The molecule has 2 aliphatic heterocycles. The van der Waals surface area contributed by atoms with Crippen LogP contribution in [-0.2, 0) is 11.3 Å². The van der Waals surface area contributed by atoms with Crippen LogP contribution in [0.3, 0.4) is 0 Å². The van der Waals surface area contributed by atoms with Crippen LogP contribution < -0.4 is 26.8 Å². The number of hydrogen-bond donors (Lipinski definition) is 4. The van der Waals surface area contributed by atoms with Gasteiger partial charge in [-0.1, -0.05) is 42.5 Å². The lowest BCUT2D eigenvalue weighted by atomic mass is 9.79. The highest BCUT2D eigenvalue weighted by Crippen LogP contribution is 2.31. The van der Waals surface area contributed by atoms with Gasteiger partial charge in [0, 0.05) is 42.1 Å². The molecule has 0 amide bonds. The number of fused-ring (bicyclic) bond motifs is 1. The van der Waals surface area contributed by atoms with Crippen LogP contribution in [0, 0.1) is 5.41 Å². The zero-order valence-corrected chi connectivity index (χ0v) is 22.1. The van der Waals surface area contributed by atoms with Gasteiger partial charge in [-0.25, -0.2) is 0 Å². The van der Waals surface area contributed by atoms with Crippen molar-refractivity contribution >= 4 is 23.8 Å². The smallest absolute Gasteiger partial charge is 0.191 e. The highest BCUT2D eigenvalue weighted by atomic mass is 16.5. The number of nitrogens with zero attached hydrogens (tertiary/aromatic N) is 1. The molecule has 0 aromatic heterocycles. The van der Waals surface area contributed by atoms with E-state index in [9.17, 15) is 0 Å². The van der Waals surface area contributed by atoms with Gasteiger partial charge in [-0.3, -0.25) is 5.41 Å². The summed E-state index contributed by atoms with van der Waals surface area (Å²) in [5.41, 5.74) is 9.28. The minimum absolute atomic E-state index is 0.0298. The van der Waals surface area contributed by atoms with Crippen molar-refractivity contribution in [3.05, 3.63) is 88.1 Å². The summed E-state index contributed by atoms with van der Waals surface area (Å²) in [5, 5.41) is 17.6. The molecule has 6 heteroatoms. The van der Waals surface area contributed by atoms with Crippen LogP contribution in [0.25, 0.3) is 18.0 Å². The van der Waals surface area contributed by atoms with Crippen molar-refractivity contribution in [3.63, 3.8) is 0 Å². The summed E-state index contributed by atoms with van der Waals surface area (Å²) in [6.07, 6.45) is 9.54. The standard InChI is InChI=1S/C30H39N5O/c1-29(2)17-25(18-30(3,4)34-29)35(5)27(32)14-13-26(31)22-11-12-23-19-33-28(16-24(23)15-22)36-20-21-9-7-6-8-10-21/h6-16,19,25,32-34H,17-18,20,31H2,1-5H3. The van der Waals surface area contributed by atoms with E-state index in [1.807, 2.05) is 67.9 Å². The molecule has 2 aliphatic rings. The van der Waals surface area contributed by atoms with Gasteiger partial charge < -0.3 is 26.0 Å². The van der Waals surface area contributed by atoms with Gasteiger partial charge in [0.25, 0.3) is 0 Å². The quantitative estimate of drug-likeness (QED) is 0.372. The van der Waals surface area contributed by atoms with Crippen molar-refractivity contribution < 1.29 is 4.74 Å². The minimum Gasteiger partial charge on any atom is -0.474 e. The average molecular weight is 486 g/mol. The molecule has 0 spiro atoms. The summed E-state index contributed by atoms with van der Waals surface area (Å²) in [6.45, 7) is 9.43. The van der Waals surface area contributed by atoms with E-state index < -0.39 is 0 Å². The number of hydrogen-bond acceptors (Lipinski definition) is 5. The van der Waals surface area contributed by atoms with Crippen LogP contribution in [0.2, 0.25) is 0 Å². The van der Waals surface area contributed by atoms with E-state index in [0.29, 0.717) is 30.1 Å². The number of nitrogens with one attached hydrogen (secondary N) is 3. The van der Waals surface area contributed by atoms with Crippen molar-refractivity contribution in [2.24, 2.45) is 5.73 Å². The molecule has 0 bridgehead atoms. The SMILES string of the molecule is CN(C(=N)C=CC(N)=c1ccc2c(c1)C=C(OCc1ccccc1)NC=2)C1CC(C)(C)NC(C)(C)C1. The molecule has 2 aromatic carbocycles. The molecule has 36 heavy (non-hydrogen) atoms. The fraction of sp³-hybridized carbons (Fsp3) is 0.367. The van der Waals surface area contributed by atoms with Crippen LogP contribution >= 0.6 is 0 Å². The van der Waals surface area contributed by atoms with Crippen molar-refractivity contribution in [1.29, 1.82) is 5.41 Å². The highest BCUT2D eigenvalue weighted by Gasteiger charge is 2.39. The van der Waals surface area contributed by atoms with E-state index in [2.05, 4.69) is 49.3 Å². The molecular formula is C30H39N5O. The molecule has 0 saturated carbocycles. The lowest BCUT2D eigenvalue weighted by Gasteiger charge is -2.49. The van der Waals surface area contributed by atoms with Gasteiger partial charge in [-0.15, -0.1) is 0 Å². The summed E-state index contributed by atoms with van der Waals surface area (Å²) >= 11 is 0. The van der Waals surface area contributed by atoms with Gasteiger partial charge in [0.1, 0.15) is 12.4 Å². The van der Waals surface area contributed by atoms with Crippen LogP contribution in [0.15, 0.2) is 66.6 Å². The number of rotatable bonds is 6. The topological polar surface area (TPSA) is 86.4 Å². The van der Waals surface area contributed by atoms with Crippen LogP contribution in [0.4, 0.5) is 0 Å². The summed E-state index contributed by atoms with van der Waals surface area (Å²) in [6, 6.07) is 16.5.